The van der Waals surface area contributed by atoms with Crippen molar-refractivity contribution in [2.24, 2.45) is 5.73 Å². The van der Waals surface area contributed by atoms with E-state index in [2.05, 4.69) is 31.2 Å². The Morgan fingerprint density at radius 3 is 1.95 bits per heavy atom. The molecule has 0 aliphatic heterocycles. The number of nitrogens with two attached hydrogens (primary N) is 1. The Kier molecular flexibility index (Phi) is 15.2. The maximum atomic E-state index is 10.5. The van der Waals surface area contributed by atoms with E-state index in [1.807, 2.05) is 0 Å². The molecule has 0 rings (SSSR count). The van der Waals surface area contributed by atoms with E-state index in [4.69, 9.17) is 5.73 Å². The predicted octanol–water partition coefficient (Wildman–Crippen LogP) is 5.29. The molecule has 0 bridgehead atoms. The van der Waals surface area contributed by atoms with Crippen LogP contribution in [0.3, 0.4) is 0 Å². The molecule has 0 aliphatic carbocycles. The lowest BCUT2D eigenvalue weighted by Gasteiger charge is -1.98. The fourth-order valence-electron chi connectivity index (χ4n) is 2.11. The van der Waals surface area contributed by atoms with Gasteiger partial charge in [-0.25, -0.2) is 0 Å². The van der Waals surface area contributed by atoms with Crippen molar-refractivity contribution in [2.75, 3.05) is 0 Å². The van der Waals surface area contributed by atoms with Crippen molar-refractivity contribution >= 4 is 5.91 Å². The van der Waals surface area contributed by atoms with Crippen LogP contribution in [0.25, 0.3) is 0 Å². The number of carbonyl (C=O) groups excluding carboxylic acids is 1. The van der Waals surface area contributed by atoms with Gasteiger partial charge in [-0.1, -0.05) is 63.3 Å². The first-order valence-corrected chi connectivity index (χ1v) is 8.35. The first-order valence-electron chi connectivity index (χ1n) is 8.35. The van der Waals surface area contributed by atoms with Crippen LogP contribution in [0.4, 0.5) is 0 Å². The molecule has 0 atom stereocenters. The minimum Gasteiger partial charge on any atom is -0.370 e. The number of allylic oxidation sites excluding steroid dienone is 4. The summed E-state index contributed by atoms with van der Waals surface area (Å²) >= 11 is 0. The van der Waals surface area contributed by atoms with Crippen molar-refractivity contribution in [3.63, 3.8) is 0 Å². The van der Waals surface area contributed by atoms with Gasteiger partial charge in [0.1, 0.15) is 0 Å². The molecule has 0 saturated heterocycles. The molecule has 116 valence electrons. The number of hydrogen-bond acceptors (Lipinski definition) is 1. The highest BCUT2D eigenvalue weighted by atomic mass is 16.1. The van der Waals surface area contributed by atoms with Gasteiger partial charge in [-0.2, -0.15) is 0 Å². The molecule has 0 saturated carbocycles. The molecular formula is C18H33NO. The van der Waals surface area contributed by atoms with Crippen molar-refractivity contribution in [1.82, 2.24) is 0 Å². The molecule has 0 radical (unpaired) electrons. The van der Waals surface area contributed by atoms with E-state index in [0.717, 1.165) is 19.3 Å². The third-order valence-electron chi connectivity index (χ3n) is 3.37. The Balaban J connectivity index is 3.17. The van der Waals surface area contributed by atoms with Gasteiger partial charge < -0.3 is 5.73 Å². The molecule has 0 aliphatic rings. The Labute approximate surface area is 125 Å². The van der Waals surface area contributed by atoms with E-state index >= 15 is 0 Å². The van der Waals surface area contributed by atoms with Crippen LogP contribution in [0.5, 0.6) is 0 Å². The Hall–Kier alpha value is -1.05. The normalized spacial score (nSPS) is 11.7. The quantitative estimate of drug-likeness (QED) is 0.341. The first kappa shape index (κ1) is 18.9. The highest BCUT2D eigenvalue weighted by Crippen LogP contribution is 2.07. The van der Waals surface area contributed by atoms with Crippen LogP contribution in [-0.2, 0) is 4.79 Å². The third kappa shape index (κ3) is 16.9. The summed E-state index contributed by atoms with van der Waals surface area (Å²) in [5, 5.41) is 0. The average molecular weight is 279 g/mol. The molecule has 0 aromatic rings. The van der Waals surface area contributed by atoms with Crippen LogP contribution in [0.15, 0.2) is 24.3 Å². The number of hydrogen-bond donors (Lipinski definition) is 1. The van der Waals surface area contributed by atoms with Crippen molar-refractivity contribution < 1.29 is 4.79 Å². The molecular weight excluding hydrogens is 246 g/mol. The standard InChI is InChI=1S/C18H33NO/c1-2-3-4-5-6-7-8-9-10-11-12-13-14-15-16-17-18(19)20/h6-7,9-10H,2-5,8,11-17H2,1H3,(H2,19,20)/b7-6-,10-9?. The summed E-state index contributed by atoms with van der Waals surface area (Å²) in [6.07, 6.45) is 23.0. The van der Waals surface area contributed by atoms with E-state index in [9.17, 15) is 4.79 Å². The second-order valence-electron chi connectivity index (χ2n) is 5.45. The van der Waals surface area contributed by atoms with Gasteiger partial charge in [-0.05, 0) is 38.5 Å². The molecule has 0 aromatic heterocycles. The minimum atomic E-state index is -0.171. The minimum absolute atomic E-state index is 0.171. The predicted molar refractivity (Wildman–Crippen MR) is 88.6 cm³/mol. The van der Waals surface area contributed by atoms with Crippen molar-refractivity contribution in [3.8, 4) is 0 Å². The fourth-order valence-corrected chi connectivity index (χ4v) is 2.11. The Morgan fingerprint density at radius 1 is 0.800 bits per heavy atom. The van der Waals surface area contributed by atoms with Crippen molar-refractivity contribution in [1.29, 1.82) is 0 Å². The van der Waals surface area contributed by atoms with Gasteiger partial charge in [-0.3, -0.25) is 4.79 Å². The summed E-state index contributed by atoms with van der Waals surface area (Å²) in [6, 6.07) is 0. The molecule has 0 unspecified atom stereocenters. The average Bonchev–Trinajstić information content (AvgIpc) is 2.43. The van der Waals surface area contributed by atoms with Crippen LogP contribution < -0.4 is 5.73 Å². The lowest BCUT2D eigenvalue weighted by molar-refractivity contribution is -0.118. The van der Waals surface area contributed by atoms with E-state index in [1.54, 1.807) is 0 Å². The second kappa shape index (κ2) is 16.0. The van der Waals surface area contributed by atoms with E-state index in [0.29, 0.717) is 6.42 Å². The summed E-state index contributed by atoms with van der Waals surface area (Å²) in [5.41, 5.74) is 5.09. The monoisotopic (exact) mass is 279 g/mol. The van der Waals surface area contributed by atoms with E-state index < -0.39 is 0 Å². The van der Waals surface area contributed by atoms with E-state index in [-0.39, 0.29) is 5.91 Å². The maximum absolute atomic E-state index is 10.5. The molecule has 20 heavy (non-hydrogen) atoms. The number of primary amides is 1. The van der Waals surface area contributed by atoms with Gasteiger partial charge in [-0.15, -0.1) is 0 Å². The fraction of sp³-hybridized carbons (Fsp3) is 0.722. The number of amides is 1. The van der Waals surface area contributed by atoms with Crippen LogP contribution in [-0.4, -0.2) is 5.91 Å². The molecule has 0 heterocycles. The zero-order valence-corrected chi connectivity index (χ0v) is 13.3. The van der Waals surface area contributed by atoms with Gasteiger partial charge >= 0.3 is 0 Å². The van der Waals surface area contributed by atoms with E-state index in [1.165, 1.54) is 51.4 Å². The van der Waals surface area contributed by atoms with Gasteiger partial charge in [0, 0.05) is 6.42 Å². The largest absolute Gasteiger partial charge is 0.370 e. The summed E-state index contributed by atoms with van der Waals surface area (Å²) in [6.45, 7) is 2.24. The maximum Gasteiger partial charge on any atom is 0.217 e. The lowest BCUT2D eigenvalue weighted by Crippen LogP contribution is -2.09. The number of rotatable bonds is 14. The zero-order chi connectivity index (χ0) is 14.9. The smallest absolute Gasteiger partial charge is 0.217 e. The van der Waals surface area contributed by atoms with Crippen LogP contribution in [0.1, 0.15) is 84.0 Å². The number of carbonyl (C=O) groups is 1. The summed E-state index contributed by atoms with van der Waals surface area (Å²) in [7, 11) is 0. The topological polar surface area (TPSA) is 43.1 Å². The molecule has 1 amide bonds. The van der Waals surface area contributed by atoms with Crippen molar-refractivity contribution in [2.45, 2.75) is 84.0 Å². The second-order valence-corrected chi connectivity index (χ2v) is 5.45. The molecule has 0 spiro atoms. The SMILES string of the molecule is CCCCC/C=C\CC=CCCCCCCCC(N)=O. The molecule has 2 N–H and O–H groups in total. The van der Waals surface area contributed by atoms with Gasteiger partial charge in [0.2, 0.25) is 5.91 Å². The molecule has 2 nitrogen and oxygen atoms in total. The van der Waals surface area contributed by atoms with Gasteiger partial charge in [0.05, 0.1) is 0 Å². The summed E-state index contributed by atoms with van der Waals surface area (Å²) in [5.74, 6) is -0.171. The molecule has 0 fully saturated rings. The van der Waals surface area contributed by atoms with Gasteiger partial charge in [0.25, 0.3) is 0 Å². The molecule has 2 heteroatoms. The highest BCUT2D eigenvalue weighted by molar-refractivity contribution is 5.73. The first-order chi connectivity index (χ1) is 9.77. The van der Waals surface area contributed by atoms with Crippen LogP contribution >= 0.6 is 0 Å². The highest BCUT2D eigenvalue weighted by Gasteiger charge is 1.94. The summed E-state index contributed by atoms with van der Waals surface area (Å²) in [4.78, 5) is 10.5. The lowest BCUT2D eigenvalue weighted by atomic mass is 10.1. The Bertz CT molecular complexity index is 269. The van der Waals surface area contributed by atoms with Crippen LogP contribution in [0, 0.1) is 0 Å². The Morgan fingerprint density at radius 2 is 1.35 bits per heavy atom. The van der Waals surface area contributed by atoms with Crippen LogP contribution in [0.2, 0.25) is 0 Å². The summed E-state index contributed by atoms with van der Waals surface area (Å²) < 4.78 is 0. The third-order valence-corrected chi connectivity index (χ3v) is 3.37. The zero-order valence-electron chi connectivity index (χ0n) is 13.3. The van der Waals surface area contributed by atoms with Gasteiger partial charge in [0.15, 0.2) is 0 Å². The molecule has 0 aromatic carbocycles. The number of unbranched alkanes of at least 4 members (excludes halogenated alkanes) is 8. The van der Waals surface area contributed by atoms with Crippen molar-refractivity contribution in [3.05, 3.63) is 24.3 Å².